The molecule has 0 bridgehead atoms. The molecule has 0 aliphatic rings. The van der Waals surface area contributed by atoms with Gasteiger partial charge in [0.1, 0.15) is 12.7 Å². The van der Waals surface area contributed by atoms with Gasteiger partial charge in [-0.3, -0.25) is 4.79 Å². The van der Waals surface area contributed by atoms with Crippen molar-refractivity contribution < 1.29 is 24.2 Å². The lowest BCUT2D eigenvalue weighted by atomic mass is 10.4. The average molecular weight is 191 g/mol. The maximum absolute atomic E-state index is 10.5. The SMILES string of the molecule is COC(=O)NCC(O)COC(C)=O. The van der Waals surface area contributed by atoms with E-state index in [-0.39, 0.29) is 13.2 Å². The van der Waals surface area contributed by atoms with Gasteiger partial charge < -0.3 is 19.9 Å². The van der Waals surface area contributed by atoms with Crippen molar-refractivity contribution in [3.05, 3.63) is 0 Å². The summed E-state index contributed by atoms with van der Waals surface area (Å²) in [7, 11) is 1.22. The number of ether oxygens (including phenoxy) is 2. The first-order chi connectivity index (χ1) is 6.06. The van der Waals surface area contributed by atoms with Crippen molar-refractivity contribution in [2.45, 2.75) is 13.0 Å². The topological polar surface area (TPSA) is 84.9 Å². The second kappa shape index (κ2) is 6.24. The van der Waals surface area contributed by atoms with Crippen molar-refractivity contribution in [1.29, 1.82) is 0 Å². The van der Waals surface area contributed by atoms with Gasteiger partial charge in [0.2, 0.25) is 0 Å². The van der Waals surface area contributed by atoms with Gasteiger partial charge in [0.05, 0.1) is 13.7 Å². The summed E-state index contributed by atoms with van der Waals surface area (Å²) < 4.78 is 8.75. The number of alkyl carbamates (subject to hydrolysis) is 1. The zero-order valence-corrected chi connectivity index (χ0v) is 7.57. The molecule has 0 aliphatic carbocycles. The summed E-state index contributed by atoms with van der Waals surface area (Å²) in [6, 6.07) is 0. The van der Waals surface area contributed by atoms with Crippen molar-refractivity contribution in [3.8, 4) is 0 Å². The molecule has 0 aromatic carbocycles. The first kappa shape index (κ1) is 11.7. The van der Waals surface area contributed by atoms with Gasteiger partial charge >= 0.3 is 12.1 Å². The molecule has 0 fully saturated rings. The van der Waals surface area contributed by atoms with E-state index in [0.29, 0.717) is 0 Å². The molecular formula is C7H13NO5. The predicted molar refractivity (Wildman–Crippen MR) is 43.0 cm³/mol. The first-order valence-corrected chi connectivity index (χ1v) is 3.69. The van der Waals surface area contributed by atoms with Crippen LogP contribution in [0, 0.1) is 0 Å². The highest BCUT2D eigenvalue weighted by atomic mass is 16.5. The second-order valence-electron chi connectivity index (χ2n) is 2.33. The van der Waals surface area contributed by atoms with E-state index in [2.05, 4.69) is 14.8 Å². The number of aliphatic hydroxyl groups is 1. The van der Waals surface area contributed by atoms with Crippen LogP contribution >= 0.6 is 0 Å². The number of esters is 1. The van der Waals surface area contributed by atoms with Crippen LogP contribution in [-0.2, 0) is 14.3 Å². The maximum atomic E-state index is 10.5. The zero-order valence-electron chi connectivity index (χ0n) is 7.57. The minimum atomic E-state index is -0.914. The molecular weight excluding hydrogens is 178 g/mol. The number of methoxy groups -OCH3 is 1. The van der Waals surface area contributed by atoms with Crippen molar-refractivity contribution >= 4 is 12.1 Å². The molecule has 0 aliphatic heterocycles. The molecule has 0 heterocycles. The van der Waals surface area contributed by atoms with Crippen molar-refractivity contribution in [2.75, 3.05) is 20.3 Å². The molecule has 76 valence electrons. The lowest BCUT2D eigenvalue weighted by Gasteiger charge is -2.10. The summed E-state index contributed by atoms with van der Waals surface area (Å²) in [4.78, 5) is 20.8. The van der Waals surface area contributed by atoms with Gasteiger partial charge in [-0.2, -0.15) is 0 Å². The van der Waals surface area contributed by atoms with E-state index in [1.165, 1.54) is 14.0 Å². The van der Waals surface area contributed by atoms with Crippen LogP contribution in [0.3, 0.4) is 0 Å². The fourth-order valence-corrected chi connectivity index (χ4v) is 0.546. The van der Waals surface area contributed by atoms with Crippen molar-refractivity contribution in [3.63, 3.8) is 0 Å². The third-order valence-electron chi connectivity index (χ3n) is 1.15. The molecule has 0 aromatic rings. The largest absolute Gasteiger partial charge is 0.463 e. The number of nitrogens with one attached hydrogen (secondary N) is 1. The molecule has 13 heavy (non-hydrogen) atoms. The Morgan fingerprint density at radius 2 is 2.15 bits per heavy atom. The van der Waals surface area contributed by atoms with Gasteiger partial charge in [0, 0.05) is 6.92 Å². The van der Waals surface area contributed by atoms with E-state index in [1.54, 1.807) is 0 Å². The molecule has 0 saturated heterocycles. The lowest BCUT2D eigenvalue weighted by Crippen LogP contribution is -2.34. The predicted octanol–water partition coefficient (Wildman–Crippen LogP) is -0.734. The Hall–Kier alpha value is -1.30. The second-order valence-corrected chi connectivity index (χ2v) is 2.33. The van der Waals surface area contributed by atoms with Crippen LogP contribution < -0.4 is 5.32 Å². The number of aliphatic hydroxyl groups excluding tert-OH is 1. The van der Waals surface area contributed by atoms with Gasteiger partial charge in [0.25, 0.3) is 0 Å². The first-order valence-electron chi connectivity index (χ1n) is 3.69. The highest BCUT2D eigenvalue weighted by molar-refractivity contribution is 5.67. The van der Waals surface area contributed by atoms with Crippen LogP contribution in [0.2, 0.25) is 0 Å². The Morgan fingerprint density at radius 1 is 1.54 bits per heavy atom. The fraction of sp³-hybridized carbons (Fsp3) is 0.714. The number of rotatable bonds is 4. The lowest BCUT2D eigenvalue weighted by molar-refractivity contribution is -0.143. The number of carbonyl (C=O) groups is 2. The Morgan fingerprint density at radius 3 is 2.62 bits per heavy atom. The van der Waals surface area contributed by atoms with E-state index in [1.807, 2.05) is 0 Å². The van der Waals surface area contributed by atoms with E-state index in [4.69, 9.17) is 5.11 Å². The van der Waals surface area contributed by atoms with Crippen LogP contribution in [0.25, 0.3) is 0 Å². The average Bonchev–Trinajstić information content (AvgIpc) is 2.10. The van der Waals surface area contributed by atoms with E-state index < -0.39 is 18.2 Å². The molecule has 0 spiro atoms. The molecule has 0 saturated carbocycles. The molecule has 1 unspecified atom stereocenters. The third kappa shape index (κ3) is 7.07. The van der Waals surface area contributed by atoms with Crippen LogP contribution in [0.15, 0.2) is 0 Å². The summed E-state index contributed by atoms with van der Waals surface area (Å²) >= 11 is 0. The molecule has 0 aromatic heterocycles. The number of carbonyl (C=O) groups excluding carboxylic acids is 2. The van der Waals surface area contributed by atoms with Crippen molar-refractivity contribution in [1.82, 2.24) is 5.32 Å². The molecule has 6 nitrogen and oxygen atoms in total. The standard InChI is InChI=1S/C7H13NO5/c1-5(9)13-4-6(10)3-8-7(11)12-2/h6,10H,3-4H2,1-2H3,(H,8,11). The summed E-state index contributed by atoms with van der Waals surface area (Å²) in [5.41, 5.74) is 0. The van der Waals surface area contributed by atoms with E-state index in [0.717, 1.165) is 0 Å². The molecule has 0 radical (unpaired) electrons. The maximum Gasteiger partial charge on any atom is 0.406 e. The third-order valence-corrected chi connectivity index (χ3v) is 1.15. The molecule has 1 atom stereocenters. The fourth-order valence-electron chi connectivity index (χ4n) is 0.546. The summed E-state index contributed by atoms with van der Waals surface area (Å²) in [6.45, 7) is 1.08. The molecule has 1 amide bonds. The van der Waals surface area contributed by atoms with Crippen LogP contribution in [0.4, 0.5) is 4.79 Å². The number of hydrogen-bond acceptors (Lipinski definition) is 5. The van der Waals surface area contributed by atoms with Gasteiger partial charge in [-0.1, -0.05) is 0 Å². The number of hydrogen-bond donors (Lipinski definition) is 2. The Kier molecular flexibility index (Phi) is 5.62. The van der Waals surface area contributed by atoms with Crippen molar-refractivity contribution in [2.24, 2.45) is 0 Å². The van der Waals surface area contributed by atoms with Gasteiger partial charge in [-0.15, -0.1) is 0 Å². The Bertz CT molecular complexity index is 182. The highest BCUT2D eigenvalue weighted by Gasteiger charge is 2.07. The highest BCUT2D eigenvalue weighted by Crippen LogP contribution is 1.85. The summed E-state index contributed by atoms with van der Waals surface area (Å²) in [6.07, 6.45) is -1.55. The van der Waals surface area contributed by atoms with Crippen LogP contribution in [0.1, 0.15) is 6.92 Å². The smallest absolute Gasteiger partial charge is 0.406 e. The Balaban J connectivity index is 3.45. The number of amides is 1. The summed E-state index contributed by atoms with van der Waals surface area (Å²) in [5.74, 6) is -0.475. The monoisotopic (exact) mass is 191 g/mol. The van der Waals surface area contributed by atoms with Gasteiger partial charge in [0.15, 0.2) is 0 Å². The molecule has 2 N–H and O–H groups in total. The minimum absolute atomic E-state index is 0.0139. The minimum Gasteiger partial charge on any atom is -0.463 e. The van der Waals surface area contributed by atoms with Gasteiger partial charge in [-0.05, 0) is 0 Å². The van der Waals surface area contributed by atoms with Crippen LogP contribution in [-0.4, -0.2) is 43.5 Å². The normalized spacial score (nSPS) is 11.6. The van der Waals surface area contributed by atoms with Crippen LogP contribution in [0.5, 0.6) is 0 Å². The molecule has 0 rings (SSSR count). The van der Waals surface area contributed by atoms with Gasteiger partial charge in [-0.25, -0.2) is 4.79 Å². The Labute approximate surface area is 75.8 Å². The quantitative estimate of drug-likeness (QED) is 0.572. The zero-order chi connectivity index (χ0) is 10.3. The van der Waals surface area contributed by atoms with E-state index >= 15 is 0 Å². The molecule has 6 heteroatoms. The summed E-state index contributed by atoms with van der Waals surface area (Å²) in [5, 5.41) is 11.3. The van der Waals surface area contributed by atoms with E-state index in [9.17, 15) is 9.59 Å².